The van der Waals surface area contributed by atoms with Gasteiger partial charge < -0.3 is 4.90 Å². The molecule has 7 heteroatoms. The van der Waals surface area contributed by atoms with Crippen LogP contribution in [-0.2, 0) is 9.84 Å². The molecule has 0 aliphatic carbocycles. The lowest BCUT2D eigenvalue weighted by Gasteiger charge is -2.26. The molecule has 2 aromatic rings. The highest BCUT2D eigenvalue weighted by molar-refractivity contribution is 7.91. The fourth-order valence-electron chi connectivity index (χ4n) is 3.35. The summed E-state index contributed by atoms with van der Waals surface area (Å²) < 4.78 is 24.9. The number of aromatic nitrogens is 1. The predicted octanol–water partition coefficient (Wildman–Crippen LogP) is 1.95. The molecular weight excluding hydrogens is 328 g/mol. The molecule has 1 aromatic heterocycles. The van der Waals surface area contributed by atoms with E-state index in [0.717, 1.165) is 0 Å². The van der Waals surface area contributed by atoms with Crippen molar-refractivity contribution in [1.29, 1.82) is 0 Å². The van der Waals surface area contributed by atoms with Crippen molar-refractivity contribution in [2.45, 2.75) is 26.3 Å². The Balaban J connectivity index is 2.03. The number of rotatable bonds is 3. The number of fused-ring (bicyclic) bond motifs is 1. The number of nitrogens with zero attached hydrogens (tertiary/aromatic N) is 2. The van der Waals surface area contributed by atoms with Crippen molar-refractivity contribution >= 4 is 32.6 Å². The average molecular weight is 348 g/mol. The first kappa shape index (κ1) is 16.7. The minimum absolute atomic E-state index is 0.0118. The Morgan fingerprint density at radius 2 is 2.00 bits per heavy atom. The normalized spacial score (nSPS) is 19.5. The summed E-state index contributed by atoms with van der Waals surface area (Å²) in [7, 11) is -3.07. The Morgan fingerprint density at radius 3 is 2.58 bits per heavy atom. The van der Waals surface area contributed by atoms with Crippen LogP contribution in [0.3, 0.4) is 0 Å². The summed E-state index contributed by atoms with van der Waals surface area (Å²) in [5.41, 5.74) is 1.12. The molecule has 1 aliphatic rings. The standard InChI is InChI=1S/C17H20N2O4S/c1-3-18(13-8-9-24(22,23)11-13)17(21)15-10-19(12(2)20)16-7-5-4-6-14(15)16/h4-7,10,13H,3,8-9,11H2,1-2H3. The first-order valence-electron chi connectivity index (χ1n) is 7.96. The van der Waals surface area contributed by atoms with Crippen LogP contribution < -0.4 is 0 Å². The van der Waals surface area contributed by atoms with Gasteiger partial charge >= 0.3 is 0 Å². The number of carbonyl (C=O) groups is 2. The molecule has 1 atom stereocenters. The van der Waals surface area contributed by atoms with Crippen molar-refractivity contribution in [2.24, 2.45) is 0 Å². The summed E-state index contributed by atoms with van der Waals surface area (Å²) in [6, 6.07) is 6.94. The number of hydrogen-bond acceptors (Lipinski definition) is 4. The van der Waals surface area contributed by atoms with Crippen molar-refractivity contribution in [1.82, 2.24) is 9.47 Å². The monoisotopic (exact) mass is 348 g/mol. The lowest BCUT2D eigenvalue weighted by atomic mass is 10.1. The number of para-hydroxylation sites is 1. The van der Waals surface area contributed by atoms with Gasteiger partial charge in [0, 0.05) is 31.1 Å². The summed E-state index contributed by atoms with van der Waals surface area (Å²) in [5.74, 6) is -0.262. The summed E-state index contributed by atoms with van der Waals surface area (Å²) in [4.78, 5) is 26.5. The molecule has 0 spiro atoms. The van der Waals surface area contributed by atoms with Crippen LogP contribution in [0.2, 0.25) is 0 Å². The Labute approximate surface area is 141 Å². The zero-order valence-electron chi connectivity index (χ0n) is 13.7. The van der Waals surface area contributed by atoms with Crippen molar-refractivity contribution in [3.8, 4) is 0 Å². The highest BCUT2D eigenvalue weighted by atomic mass is 32.2. The molecule has 1 amide bonds. The van der Waals surface area contributed by atoms with Crippen LogP contribution in [0.15, 0.2) is 30.5 Å². The van der Waals surface area contributed by atoms with Gasteiger partial charge in [0.1, 0.15) is 0 Å². The van der Waals surface area contributed by atoms with Gasteiger partial charge in [0.05, 0.1) is 22.6 Å². The predicted molar refractivity (Wildman–Crippen MR) is 92.0 cm³/mol. The number of benzene rings is 1. The molecule has 6 nitrogen and oxygen atoms in total. The van der Waals surface area contributed by atoms with E-state index in [1.807, 2.05) is 19.1 Å². The first-order valence-corrected chi connectivity index (χ1v) is 9.78. The SMILES string of the molecule is CCN(C(=O)c1cn(C(C)=O)c2ccccc12)C1CCS(=O)(=O)C1. The van der Waals surface area contributed by atoms with Gasteiger partial charge in [-0.15, -0.1) is 0 Å². The number of amides is 1. The highest BCUT2D eigenvalue weighted by Crippen LogP contribution is 2.25. The van der Waals surface area contributed by atoms with E-state index in [4.69, 9.17) is 0 Å². The molecule has 24 heavy (non-hydrogen) atoms. The van der Waals surface area contributed by atoms with Crippen LogP contribution in [0.5, 0.6) is 0 Å². The molecule has 1 aromatic carbocycles. The van der Waals surface area contributed by atoms with Gasteiger partial charge in [-0.05, 0) is 19.4 Å². The molecule has 3 rings (SSSR count). The highest BCUT2D eigenvalue weighted by Gasteiger charge is 2.35. The number of hydrogen-bond donors (Lipinski definition) is 0. The fourth-order valence-corrected chi connectivity index (χ4v) is 5.08. The maximum atomic E-state index is 13.0. The van der Waals surface area contributed by atoms with Gasteiger partial charge in [-0.1, -0.05) is 18.2 Å². The smallest absolute Gasteiger partial charge is 0.256 e. The van der Waals surface area contributed by atoms with E-state index in [1.165, 1.54) is 11.5 Å². The maximum Gasteiger partial charge on any atom is 0.256 e. The lowest BCUT2D eigenvalue weighted by Crippen LogP contribution is -2.40. The summed E-state index contributed by atoms with van der Waals surface area (Å²) >= 11 is 0. The number of sulfone groups is 1. The molecule has 1 saturated heterocycles. The third kappa shape index (κ3) is 2.84. The second-order valence-corrected chi connectivity index (χ2v) is 8.33. The Kier molecular flexibility index (Phi) is 4.21. The second-order valence-electron chi connectivity index (χ2n) is 6.10. The Bertz CT molecular complexity index is 914. The van der Waals surface area contributed by atoms with Gasteiger partial charge in [0.2, 0.25) is 5.91 Å². The van der Waals surface area contributed by atoms with Gasteiger partial charge in [-0.2, -0.15) is 0 Å². The Morgan fingerprint density at radius 1 is 1.29 bits per heavy atom. The van der Waals surface area contributed by atoms with Crippen molar-refractivity contribution < 1.29 is 18.0 Å². The van der Waals surface area contributed by atoms with Crippen molar-refractivity contribution in [3.63, 3.8) is 0 Å². The van der Waals surface area contributed by atoms with E-state index in [2.05, 4.69) is 0 Å². The molecule has 128 valence electrons. The van der Waals surface area contributed by atoms with Crippen LogP contribution in [0.25, 0.3) is 10.9 Å². The lowest BCUT2D eigenvalue weighted by molar-refractivity contribution is 0.0710. The minimum Gasteiger partial charge on any atom is -0.335 e. The summed E-state index contributed by atoms with van der Waals surface area (Å²) in [6.07, 6.45) is 2.02. The number of carbonyl (C=O) groups excluding carboxylic acids is 2. The topological polar surface area (TPSA) is 76.5 Å². The molecule has 0 saturated carbocycles. The molecule has 2 heterocycles. The van der Waals surface area contributed by atoms with Gasteiger partial charge in [0.15, 0.2) is 9.84 Å². The van der Waals surface area contributed by atoms with Crippen LogP contribution >= 0.6 is 0 Å². The van der Waals surface area contributed by atoms with Crippen molar-refractivity contribution in [3.05, 3.63) is 36.0 Å². The van der Waals surface area contributed by atoms with Gasteiger partial charge in [-0.25, -0.2) is 8.42 Å². The van der Waals surface area contributed by atoms with E-state index in [1.54, 1.807) is 23.2 Å². The quantitative estimate of drug-likeness (QED) is 0.849. The molecule has 1 aliphatic heterocycles. The molecular formula is C17H20N2O4S. The minimum atomic E-state index is -3.07. The zero-order valence-corrected chi connectivity index (χ0v) is 14.5. The van der Waals surface area contributed by atoms with E-state index in [-0.39, 0.29) is 29.4 Å². The third-order valence-corrected chi connectivity index (χ3v) is 6.28. The van der Waals surface area contributed by atoms with Crippen LogP contribution in [0.4, 0.5) is 0 Å². The van der Waals surface area contributed by atoms with E-state index < -0.39 is 9.84 Å². The molecule has 1 unspecified atom stereocenters. The van der Waals surface area contributed by atoms with Crippen LogP contribution in [0, 0.1) is 0 Å². The Hall–Kier alpha value is -2.15. The van der Waals surface area contributed by atoms with Crippen LogP contribution in [-0.4, -0.2) is 53.8 Å². The molecule has 0 radical (unpaired) electrons. The zero-order chi connectivity index (χ0) is 17.5. The van der Waals surface area contributed by atoms with Crippen molar-refractivity contribution in [2.75, 3.05) is 18.1 Å². The van der Waals surface area contributed by atoms with E-state index in [0.29, 0.717) is 29.4 Å². The van der Waals surface area contributed by atoms with E-state index >= 15 is 0 Å². The largest absolute Gasteiger partial charge is 0.335 e. The second kappa shape index (κ2) is 6.05. The average Bonchev–Trinajstić information content (AvgIpc) is 3.08. The fraction of sp³-hybridized carbons (Fsp3) is 0.412. The third-order valence-electron chi connectivity index (χ3n) is 4.53. The first-order chi connectivity index (χ1) is 11.3. The van der Waals surface area contributed by atoms with Gasteiger partial charge in [0.25, 0.3) is 5.91 Å². The van der Waals surface area contributed by atoms with E-state index in [9.17, 15) is 18.0 Å². The van der Waals surface area contributed by atoms with Crippen LogP contribution in [0.1, 0.15) is 35.4 Å². The summed E-state index contributed by atoms with van der Waals surface area (Å²) in [6.45, 7) is 3.72. The molecule has 0 bridgehead atoms. The summed E-state index contributed by atoms with van der Waals surface area (Å²) in [5, 5.41) is 0.706. The van der Waals surface area contributed by atoms with Gasteiger partial charge in [-0.3, -0.25) is 14.2 Å². The molecule has 1 fully saturated rings. The molecule has 0 N–H and O–H groups in total. The maximum absolute atomic E-state index is 13.0.